The van der Waals surface area contributed by atoms with Crippen molar-refractivity contribution in [1.29, 1.82) is 0 Å². The van der Waals surface area contributed by atoms with Crippen molar-refractivity contribution in [2.45, 2.75) is 19.4 Å². The summed E-state index contributed by atoms with van der Waals surface area (Å²) in [6.45, 7) is 1.90. The molecule has 1 N–H and O–H groups in total. The monoisotopic (exact) mass is 309 g/mol. The summed E-state index contributed by atoms with van der Waals surface area (Å²) in [5, 5.41) is 10.1. The second-order valence-electron chi connectivity index (χ2n) is 4.23. The highest BCUT2D eigenvalue weighted by Gasteiger charge is 2.11. The van der Waals surface area contributed by atoms with E-state index >= 15 is 0 Å². The SMILES string of the molecule is Cc1ccc(F)cc1CC(O)c1cncc(Br)c1. The van der Waals surface area contributed by atoms with E-state index in [-0.39, 0.29) is 5.82 Å². The fourth-order valence-corrected chi connectivity index (χ4v) is 2.18. The first kappa shape index (κ1) is 13.2. The first-order chi connectivity index (χ1) is 8.56. The van der Waals surface area contributed by atoms with E-state index in [9.17, 15) is 9.50 Å². The van der Waals surface area contributed by atoms with E-state index in [4.69, 9.17) is 0 Å². The van der Waals surface area contributed by atoms with Crippen LogP contribution in [0.4, 0.5) is 4.39 Å². The number of halogens is 2. The number of benzene rings is 1. The van der Waals surface area contributed by atoms with Gasteiger partial charge in [-0.1, -0.05) is 6.07 Å². The van der Waals surface area contributed by atoms with E-state index in [0.717, 1.165) is 15.6 Å². The fourth-order valence-electron chi connectivity index (χ4n) is 1.80. The van der Waals surface area contributed by atoms with Crippen LogP contribution in [0.1, 0.15) is 22.8 Å². The molecule has 2 aromatic rings. The number of rotatable bonds is 3. The van der Waals surface area contributed by atoms with Crippen LogP contribution in [0.5, 0.6) is 0 Å². The van der Waals surface area contributed by atoms with Crippen molar-refractivity contribution in [1.82, 2.24) is 4.98 Å². The molecule has 1 aromatic carbocycles. The van der Waals surface area contributed by atoms with Gasteiger partial charge in [0.1, 0.15) is 5.82 Å². The molecule has 2 rings (SSSR count). The predicted octanol–water partition coefficient (Wildman–Crippen LogP) is 3.57. The second kappa shape index (κ2) is 5.59. The first-order valence-corrected chi connectivity index (χ1v) is 6.39. The Morgan fingerprint density at radius 2 is 2.11 bits per heavy atom. The molecule has 4 heteroatoms. The maximum absolute atomic E-state index is 13.2. The van der Waals surface area contributed by atoms with E-state index in [2.05, 4.69) is 20.9 Å². The van der Waals surface area contributed by atoms with E-state index in [1.807, 2.05) is 13.0 Å². The lowest BCUT2D eigenvalue weighted by atomic mass is 9.99. The van der Waals surface area contributed by atoms with Crippen molar-refractivity contribution in [3.05, 3.63) is 63.6 Å². The molecule has 1 atom stereocenters. The fraction of sp³-hybridized carbons (Fsp3) is 0.214. The summed E-state index contributed by atoms with van der Waals surface area (Å²) in [6.07, 6.45) is 2.96. The highest BCUT2D eigenvalue weighted by atomic mass is 79.9. The molecule has 0 fully saturated rings. The number of aliphatic hydroxyl groups excluding tert-OH is 1. The number of hydrogen-bond acceptors (Lipinski definition) is 2. The molecule has 0 bridgehead atoms. The van der Waals surface area contributed by atoms with Crippen LogP contribution in [0.3, 0.4) is 0 Å². The van der Waals surface area contributed by atoms with Gasteiger partial charge in [0.15, 0.2) is 0 Å². The standard InChI is InChI=1S/C14H13BrFNO/c1-9-2-3-13(16)5-10(9)6-14(18)11-4-12(15)8-17-7-11/h2-5,7-8,14,18H,6H2,1H3. The van der Waals surface area contributed by atoms with Gasteiger partial charge >= 0.3 is 0 Å². The molecule has 0 aliphatic heterocycles. The summed E-state index contributed by atoms with van der Waals surface area (Å²) < 4.78 is 14.0. The minimum Gasteiger partial charge on any atom is -0.388 e. The van der Waals surface area contributed by atoms with Gasteiger partial charge in [-0.25, -0.2) is 4.39 Å². The Kier molecular flexibility index (Phi) is 4.09. The highest BCUT2D eigenvalue weighted by molar-refractivity contribution is 9.10. The topological polar surface area (TPSA) is 33.1 Å². The lowest BCUT2D eigenvalue weighted by Gasteiger charge is -2.13. The van der Waals surface area contributed by atoms with Crippen LogP contribution in [0, 0.1) is 12.7 Å². The summed E-state index contributed by atoms with van der Waals surface area (Å²) in [6, 6.07) is 6.42. The predicted molar refractivity (Wildman–Crippen MR) is 71.7 cm³/mol. The Bertz CT molecular complexity index is 559. The molecular weight excluding hydrogens is 297 g/mol. The van der Waals surface area contributed by atoms with Crippen molar-refractivity contribution in [2.75, 3.05) is 0 Å². The lowest BCUT2D eigenvalue weighted by Crippen LogP contribution is -2.04. The third-order valence-corrected chi connectivity index (χ3v) is 3.27. The van der Waals surface area contributed by atoms with Gasteiger partial charge in [0.2, 0.25) is 0 Å². The van der Waals surface area contributed by atoms with Crippen molar-refractivity contribution in [3.63, 3.8) is 0 Å². The minimum atomic E-state index is -0.685. The van der Waals surface area contributed by atoms with Gasteiger partial charge in [-0.3, -0.25) is 4.98 Å². The van der Waals surface area contributed by atoms with E-state index in [1.165, 1.54) is 12.1 Å². The van der Waals surface area contributed by atoms with Crippen LogP contribution in [-0.2, 0) is 6.42 Å². The zero-order valence-electron chi connectivity index (χ0n) is 9.90. The Morgan fingerprint density at radius 3 is 2.83 bits per heavy atom. The van der Waals surface area contributed by atoms with E-state index in [1.54, 1.807) is 18.5 Å². The van der Waals surface area contributed by atoms with Crippen LogP contribution < -0.4 is 0 Å². The van der Waals surface area contributed by atoms with Crippen molar-refractivity contribution in [2.24, 2.45) is 0 Å². The number of hydrogen-bond donors (Lipinski definition) is 1. The zero-order valence-corrected chi connectivity index (χ0v) is 11.5. The van der Waals surface area contributed by atoms with Gasteiger partial charge in [-0.2, -0.15) is 0 Å². The molecule has 0 saturated heterocycles. The molecule has 0 amide bonds. The average molecular weight is 310 g/mol. The third-order valence-electron chi connectivity index (χ3n) is 2.84. The van der Waals surface area contributed by atoms with Crippen LogP contribution in [-0.4, -0.2) is 10.1 Å². The van der Waals surface area contributed by atoms with Crippen LogP contribution in [0.15, 0.2) is 41.1 Å². The molecular formula is C14H13BrFNO. The van der Waals surface area contributed by atoms with E-state index in [0.29, 0.717) is 12.0 Å². The van der Waals surface area contributed by atoms with Crippen molar-refractivity contribution in [3.8, 4) is 0 Å². The van der Waals surface area contributed by atoms with Gasteiger partial charge < -0.3 is 5.11 Å². The molecule has 0 aliphatic carbocycles. The molecule has 1 aromatic heterocycles. The summed E-state index contributed by atoms with van der Waals surface area (Å²) in [5.74, 6) is -0.282. The first-order valence-electron chi connectivity index (χ1n) is 5.60. The number of nitrogens with zero attached hydrogens (tertiary/aromatic N) is 1. The van der Waals surface area contributed by atoms with Crippen LogP contribution in [0.25, 0.3) is 0 Å². The highest BCUT2D eigenvalue weighted by Crippen LogP contribution is 2.22. The summed E-state index contributed by atoms with van der Waals surface area (Å²) >= 11 is 3.31. The Labute approximate surface area is 114 Å². The van der Waals surface area contributed by atoms with Crippen molar-refractivity contribution < 1.29 is 9.50 Å². The second-order valence-corrected chi connectivity index (χ2v) is 5.14. The van der Waals surface area contributed by atoms with Crippen molar-refractivity contribution >= 4 is 15.9 Å². The maximum Gasteiger partial charge on any atom is 0.123 e. The molecule has 0 radical (unpaired) electrons. The molecule has 18 heavy (non-hydrogen) atoms. The van der Waals surface area contributed by atoms with Gasteiger partial charge in [-0.05, 0) is 52.2 Å². The lowest BCUT2D eigenvalue weighted by molar-refractivity contribution is 0.177. The minimum absolute atomic E-state index is 0.282. The molecule has 0 aliphatic rings. The zero-order chi connectivity index (χ0) is 13.1. The van der Waals surface area contributed by atoms with Gasteiger partial charge in [-0.15, -0.1) is 0 Å². The van der Waals surface area contributed by atoms with Crippen LogP contribution in [0.2, 0.25) is 0 Å². The number of pyridine rings is 1. The molecule has 0 spiro atoms. The molecule has 0 saturated carbocycles. The summed E-state index contributed by atoms with van der Waals surface area (Å²) in [5.41, 5.74) is 2.49. The van der Waals surface area contributed by atoms with Gasteiger partial charge in [0.05, 0.1) is 6.10 Å². The number of aromatic nitrogens is 1. The van der Waals surface area contributed by atoms with Gasteiger partial charge in [0, 0.05) is 28.9 Å². The van der Waals surface area contributed by atoms with Crippen LogP contribution >= 0.6 is 15.9 Å². The quantitative estimate of drug-likeness (QED) is 0.940. The molecule has 1 unspecified atom stereocenters. The van der Waals surface area contributed by atoms with E-state index < -0.39 is 6.10 Å². The Hall–Kier alpha value is -1.26. The molecule has 1 heterocycles. The Balaban J connectivity index is 2.21. The smallest absolute Gasteiger partial charge is 0.123 e. The van der Waals surface area contributed by atoms with Gasteiger partial charge in [0.25, 0.3) is 0 Å². The largest absolute Gasteiger partial charge is 0.388 e. The summed E-state index contributed by atoms with van der Waals surface area (Å²) in [7, 11) is 0. The third kappa shape index (κ3) is 3.15. The number of aliphatic hydroxyl groups is 1. The normalized spacial score (nSPS) is 12.4. The molecule has 94 valence electrons. The summed E-state index contributed by atoms with van der Waals surface area (Å²) in [4.78, 5) is 4.01. The molecule has 2 nitrogen and oxygen atoms in total. The average Bonchev–Trinajstić information content (AvgIpc) is 2.34. The Morgan fingerprint density at radius 1 is 1.33 bits per heavy atom. The number of aryl methyl sites for hydroxylation is 1. The maximum atomic E-state index is 13.2.